The van der Waals surface area contributed by atoms with Crippen LogP contribution in [0.15, 0.2) is 47.2 Å². The summed E-state index contributed by atoms with van der Waals surface area (Å²) in [5, 5.41) is 0.850. The molecule has 0 unspecified atom stereocenters. The Labute approximate surface area is 131 Å². The molecule has 0 aliphatic rings. The number of H-pyrrole nitrogens is 1. The third-order valence-electron chi connectivity index (χ3n) is 2.87. The van der Waals surface area contributed by atoms with Crippen LogP contribution in [0.1, 0.15) is 15.9 Å². The largest absolute Gasteiger partial charge is 0.345 e. The zero-order chi connectivity index (χ0) is 13.4. The number of ketones is 1. The van der Waals surface area contributed by atoms with Gasteiger partial charge in [0.1, 0.15) is 5.65 Å². The Kier molecular flexibility index (Phi) is 3.40. The molecule has 0 spiro atoms. The molecule has 1 aromatic carbocycles. The van der Waals surface area contributed by atoms with Crippen molar-refractivity contribution in [2.75, 3.05) is 0 Å². The molecule has 0 saturated carbocycles. The van der Waals surface area contributed by atoms with E-state index < -0.39 is 0 Å². The lowest BCUT2D eigenvalue weighted by Gasteiger charge is -2.03. The quantitative estimate of drug-likeness (QED) is 0.494. The summed E-state index contributed by atoms with van der Waals surface area (Å²) < 4.78 is 1.83. The minimum absolute atomic E-state index is 0.00458. The lowest BCUT2D eigenvalue weighted by molar-refractivity contribution is 0.103. The van der Waals surface area contributed by atoms with E-state index in [1.165, 1.54) is 0 Å². The molecule has 0 aliphatic carbocycles. The van der Waals surface area contributed by atoms with Gasteiger partial charge in [0.2, 0.25) is 0 Å². The van der Waals surface area contributed by atoms with Crippen molar-refractivity contribution in [3.63, 3.8) is 0 Å². The Morgan fingerprint density at radius 1 is 1.26 bits per heavy atom. The average Bonchev–Trinajstić information content (AvgIpc) is 2.84. The molecule has 1 N–H and O–H groups in total. The van der Waals surface area contributed by atoms with Gasteiger partial charge >= 0.3 is 0 Å². The van der Waals surface area contributed by atoms with E-state index in [9.17, 15) is 4.79 Å². The van der Waals surface area contributed by atoms with Crippen LogP contribution in [0.5, 0.6) is 0 Å². The molecule has 0 saturated heterocycles. The topological polar surface area (TPSA) is 45.8 Å². The second kappa shape index (κ2) is 5.05. The molecule has 94 valence electrons. The summed E-state index contributed by atoms with van der Waals surface area (Å²) in [4.78, 5) is 19.8. The fraction of sp³-hybridized carbons (Fsp3) is 0. The molecule has 3 nitrogen and oxygen atoms in total. The van der Waals surface area contributed by atoms with E-state index in [0.717, 1.165) is 19.1 Å². The first kappa shape index (κ1) is 12.8. The van der Waals surface area contributed by atoms with Gasteiger partial charge in [0.05, 0.1) is 0 Å². The van der Waals surface area contributed by atoms with Crippen molar-refractivity contribution in [2.45, 2.75) is 0 Å². The van der Waals surface area contributed by atoms with Crippen LogP contribution in [-0.2, 0) is 0 Å². The number of aromatic nitrogens is 2. The van der Waals surface area contributed by atoms with Crippen molar-refractivity contribution >= 4 is 55.3 Å². The summed E-state index contributed by atoms with van der Waals surface area (Å²) in [6.07, 6.45) is 3.42. The number of carbonyl (C=O) groups excluding carboxylic acids is 1. The number of hydrogen-bond donors (Lipinski definition) is 1. The Hall–Kier alpha value is -1.21. The van der Waals surface area contributed by atoms with Crippen molar-refractivity contribution in [1.29, 1.82) is 0 Å². The predicted octanol–water partition coefficient (Wildman–Crippen LogP) is 4.16. The molecule has 3 rings (SSSR count). The molecule has 3 aromatic rings. The smallest absolute Gasteiger partial charge is 0.196 e. The zero-order valence-electron chi connectivity index (χ0n) is 9.65. The Morgan fingerprint density at radius 3 is 2.95 bits per heavy atom. The van der Waals surface area contributed by atoms with E-state index in [1.807, 2.05) is 30.3 Å². The van der Waals surface area contributed by atoms with Crippen LogP contribution in [0, 0.1) is 3.57 Å². The van der Waals surface area contributed by atoms with Gasteiger partial charge in [-0.05, 0) is 52.9 Å². The number of benzene rings is 1. The van der Waals surface area contributed by atoms with E-state index in [0.29, 0.717) is 11.1 Å². The Morgan fingerprint density at radius 2 is 2.11 bits per heavy atom. The van der Waals surface area contributed by atoms with E-state index in [-0.39, 0.29) is 5.78 Å². The molecular formula is C14H8BrIN2O. The van der Waals surface area contributed by atoms with Crippen LogP contribution in [0.2, 0.25) is 0 Å². The van der Waals surface area contributed by atoms with E-state index in [1.54, 1.807) is 12.4 Å². The van der Waals surface area contributed by atoms with Gasteiger partial charge in [-0.25, -0.2) is 4.98 Å². The van der Waals surface area contributed by atoms with Crippen LogP contribution in [-0.4, -0.2) is 15.8 Å². The summed E-state index contributed by atoms with van der Waals surface area (Å²) in [7, 11) is 0. The van der Waals surface area contributed by atoms with Gasteiger partial charge in [-0.3, -0.25) is 4.79 Å². The van der Waals surface area contributed by atoms with Crippen molar-refractivity contribution in [1.82, 2.24) is 9.97 Å². The number of rotatable bonds is 2. The van der Waals surface area contributed by atoms with E-state index in [2.05, 4.69) is 48.5 Å². The molecular weight excluding hydrogens is 419 g/mol. The fourth-order valence-electron chi connectivity index (χ4n) is 1.96. The van der Waals surface area contributed by atoms with E-state index in [4.69, 9.17) is 0 Å². The fourth-order valence-corrected chi connectivity index (χ4v) is 2.90. The van der Waals surface area contributed by atoms with Crippen molar-refractivity contribution < 1.29 is 4.79 Å². The highest BCUT2D eigenvalue weighted by atomic mass is 127. The lowest BCUT2D eigenvalue weighted by atomic mass is 10.0. The maximum Gasteiger partial charge on any atom is 0.196 e. The maximum atomic E-state index is 12.6. The summed E-state index contributed by atoms with van der Waals surface area (Å²) in [5.41, 5.74) is 2.08. The molecule has 0 bridgehead atoms. The number of halogens is 2. The number of pyridine rings is 1. The van der Waals surface area contributed by atoms with Crippen LogP contribution in [0.3, 0.4) is 0 Å². The Balaban J connectivity index is 2.16. The van der Waals surface area contributed by atoms with Gasteiger partial charge in [0.25, 0.3) is 0 Å². The molecule has 0 atom stereocenters. The predicted molar refractivity (Wildman–Crippen MR) is 86.4 cm³/mol. The van der Waals surface area contributed by atoms with Crippen molar-refractivity contribution in [3.8, 4) is 0 Å². The number of nitrogens with zero attached hydrogens (tertiary/aromatic N) is 1. The number of carbonyl (C=O) groups is 1. The van der Waals surface area contributed by atoms with Gasteiger partial charge < -0.3 is 4.98 Å². The van der Waals surface area contributed by atoms with E-state index >= 15 is 0 Å². The second-order valence-electron chi connectivity index (χ2n) is 4.06. The van der Waals surface area contributed by atoms with Crippen LogP contribution >= 0.6 is 38.5 Å². The molecule has 2 heterocycles. The van der Waals surface area contributed by atoms with Crippen LogP contribution in [0.25, 0.3) is 11.0 Å². The second-order valence-corrected chi connectivity index (χ2v) is 6.13. The minimum atomic E-state index is 0.00458. The molecule has 0 aliphatic heterocycles. The normalized spacial score (nSPS) is 10.8. The SMILES string of the molecule is O=C(c1cc(Br)ccc1I)c1c[nH]c2ncccc12. The number of nitrogens with one attached hydrogen (secondary N) is 1. The van der Waals surface area contributed by atoms with Gasteiger partial charge in [-0.1, -0.05) is 15.9 Å². The first-order chi connectivity index (χ1) is 9.16. The standard InChI is InChI=1S/C14H8BrIN2O/c15-8-3-4-12(16)10(6-8)13(19)11-7-18-14-9(11)2-1-5-17-14/h1-7H,(H,17,18). The number of aromatic amines is 1. The highest BCUT2D eigenvalue weighted by Gasteiger charge is 2.17. The summed E-state index contributed by atoms with van der Waals surface area (Å²) in [6, 6.07) is 9.43. The molecule has 0 fully saturated rings. The zero-order valence-corrected chi connectivity index (χ0v) is 13.4. The van der Waals surface area contributed by atoms with Gasteiger partial charge in [-0.2, -0.15) is 0 Å². The van der Waals surface area contributed by atoms with Gasteiger partial charge in [0, 0.05) is 36.9 Å². The van der Waals surface area contributed by atoms with Crippen molar-refractivity contribution in [2.24, 2.45) is 0 Å². The lowest BCUT2D eigenvalue weighted by Crippen LogP contribution is -2.03. The van der Waals surface area contributed by atoms with Crippen LogP contribution in [0.4, 0.5) is 0 Å². The molecule has 5 heteroatoms. The molecule has 2 aromatic heterocycles. The molecule has 19 heavy (non-hydrogen) atoms. The Bertz CT molecular complexity index is 782. The molecule has 0 radical (unpaired) electrons. The van der Waals surface area contributed by atoms with Gasteiger partial charge in [-0.15, -0.1) is 0 Å². The first-order valence-corrected chi connectivity index (χ1v) is 7.46. The summed E-state index contributed by atoms with van der Waals surface area (Å²) >= 11 is 5.58. The molecule has 0 amide bonds. The first-order valence-electron chi connectivity index (χ1n) is 5.58. The maximum absolute atomic E-state index is 12.6. The number of fused-ring (bicyclic) bond motifs is 1. The van der Waals surface area contributed by atoms with Gasteiger partial charge in [0.15, 0.2) is 5.78 Å². The minimum Gasteiger partial charge on any atom is -0.345 e. The summed E-state index contributed by atoms with van der Waals surface area (Å²) in [6.45, 7) is 0. The van der Waals surface area contributed by atoms with Crippen LogP contribution < -0.4 is 0 Å². The average molecular weight is 427 g/mol. The van der Waals surface area contributed by atoms with Crippen molar-refractivity contribution in [3.05, 3.63) is 61.9 Å². The highest BCUT2D eigenvalue weighted by Crippen LogP contribution is 2.24. The third kappa shape index (κ3) is 2.32. The highest BCUT2D eigenvalue weighted by molar-refractivity contribution is 14.1. The summed E-state index contributed by atoms with van der Waals surface area (Å²) in [5.74, 6) is 0.00458. The number of hydrogen-bond acceptors (Lipinski definition) is 2. The third-order valence-corrected chi connectivity index (χ3v) is 4.30. The monoisotopic (exact) mass is 426 g/mol.